The molecule has 0 atom stereocenters. The molecule has 0 fully saturated rings. The van der Waals surface area contributed by atoms with Crippen molar-refractivity contribution in [1.82, 2.24) is 0 Å². The van der Waals surface area contributed by atoms with E-state index >= 15 is 0 Å². The van der Waals surface area contributed by atoms with E-state index in [9.17, 15) is 0 Å². The van der Waals surface area contributed by atoms with Crippen LogP contribution in [-0.2, 0) is 12.8 Å². The van der Waals surface area contributed by atoms with E-state index in [1.807, 2.05) is 24.3 Å². The fourth-order valence-corrected chi connectivity index (χ4v) is 2.26. The normalized spacial score (nSPS) is 10.3. The van der Waals surface area contributed by atoms with Crippen molar-refractivity contribution in [2.24, 2.45) is 5.73 Å². The molecule has 0 heterocycles. The highest BCUT2D eigenvalue weighted by Gasteiger charge is 2.12. The highest BCUT2D eigenvalue weighted by Crippen LogP contribution is 2.26. The van der Waals surface area contributed by atoms with E-state index in [1.165, 1.54) is 11.1 Å². The van der Waals surface area contributed by atoms with E-state index in [0.717, 1.165) is 24.2 Å². The minimum absolute atomic E-state index is 0.0338. The van der Waals surface area contributed by atoms with Crippen molar-refractivity contribution in [3.8, 4) is 0 Å². The van der Waals surface area contributed by atoms with Gasteiger partial charge in [0.15, 0.2) is 5.96 Å². The van der Waals surface area contributed by atoms with Crippen molar-refractivity contribution in [3.05, 3.63) is 59.7 Å². The molecule has 0 spiro atoms. The Bertz CT molecular complexity index is 557. The third-order valence-corrected chi connectivity index (χ3v) is 3.39. The van der Waals surface area contributed by atoms with Crippen LogP contribution < -0.4 is 10.6 Å². The first-order valence-corrected chi connectivity index (χ1v) is 6.97. The first-order chi connectivity index (χ1) is 9.65. The monoisotopic (exact) mass is 267 g/mol. The van der Waals surface area contributed by atoms with Crippen LogP contribution in [0.5, 0.6) is 0 Å². The predicted octanol–water partition coefficient (Wildman–Crippen LogP) is 3.84. The van der Waals surface area contributed by atoms with Gasteiger partial charge in [0.2, 0.25) is 0 Å². The molecule has 0 radical (unpaired) electrons. The first kappa shape index (κ1) is 14.1. The number of guanidine groups is 1. The molecule has 0 aliphatic carbocycles. The molecule has 0 amide bonds. The average molecular weight is 267 g/mol. The topological polar surface area (TPSA) is 53.1 Å². The van der Waals surface area contributed by atoms with Crippen LogP contribution in [0.2, 0.25) is 0 Å². The van der Waals surface area contributed by atoms with Crippen LogP contribution in [0.3, 0.4) is 0 Å². The lowest BCUT2D eigenvalue weighted by Gasteiger charge is -2.24. The Morgan fingerprint density at radius 3 is 1.75 bits per heavy atom. The van der Waals surface area contributed by atoms with Gasteiger partial charge in [0, 0.05) is 11.4 Å². The average Bonchev–Trinajstić information content (AvgIpc) is 2.47. The third kappa shape index (κ3) is 2.99. The van der Waals surface area contributed by atoms with Crippen LogP contribution in [0.25, 0.3) is 0 Å². The molecule has 0 aromatic heterocycles. The summed E-state index contributed by atoms with van der Waals surface area (Å²) in [5, 5.41) is 7.89. The van der Waals surface area contributed by atoms with E-state index in [1.54, 1.807) is 4.90 Å². The Balaban J connectivity index is 2.47. The molecular weight excluding hydrogens is 246 g/mol. The van der Waals surface area contributed by atoms with Gasteiger partial charge >= 0.3 is 0 Å². The molecule has 0 saturated heterocycles. The molecule has 20 heavy (non-hydrogen) atoms. The van der Waals surface area contributed by atoms with Gasteiger partial charge in [0.05, 0.1) is 0 Å². The smallest absolute Gasteiger partial charge is 0.197 e. The van der Waals surface area contributed by atoms with Gasteiger partial charge in [-0.05, 0) is 48.2 Å². The number of rotatable bonds is 4. The standard InChI is InChI=1S/C17H21N3/c1-3-13-7-5-9-15(11-13)20(17(18)19)16-10-6-8-14(4-2)12-16/h5-12H,3-4H2,1-2H3,(H3,18,19). The van der Waals surface area contributed by atoms with Crippen LogP contribution in [-0.4, -0.2) is 5.96 Å². The summed E-state index contributed by atoms with van der Waals surface area (Å²) in [5.74, 6) is 0.0338. The number of nitrogens with two attached hydrogens (primary N) is 1. The predicted molar refractivity (Wildman–Crippen MR) is 85.7 cm³/mol. The van der Waals surface area contributed by atoms with Crippen molar-refractivity contribution in [1.29, 1.82) is 5.41 Å². The maximum atomic E-state index is 7.89. The van der Waals surface area contributed by atoms with Gasteiger partial charge in [0.25, 0.3) is 0 Å². The summed E-state index contributed by atoms with van der Waals surface area (Å²) >= 11 is 0. The van der Waals surface area contributed by atoms with E-state index in [2.05, 4.69) is 38.1 Å². The van der Waals surface area contributed by atoms with Gasteiger partial charge in [-0.3, -0.25) is 10.3 Å². The molecule has 0 aliphatic heterocycles. The summed E-state index contributed by atoms with van der Waals surface area (Å²) < 4.78 is 0. The number of benzene rings is 2. The van der Waals surface area contributed by atoms with Gasteiger partial charge in [-0.25, -0.2) is 0 Å². The lowest BCUT2D eigenvalue weighted by atomic mass is 10.1. The molecule has 0 aliphatic rings. The summed E-state index contributed by atoms with van der Waals surface area (Å²) in [6, 6.07) is 16.3. The number of aryl methyl sites for hydroxylation is 2. The number of nitrogens with one attached hydrogen (secondary N) is 1. The summed E-state index contributed by atoms with van der Waals surface area (Å²) in [6.07, 6.45) is 1.93. The number of nitrogens with zero attached hydrogens (tertiary/aromatic N) is 1. The SMILES string of the molecule is CCc1cccc(N(C(=N)N)c2cccc(CC)c2)c1. The Morgan fingerprint density at radius 2 is 1.40 bits per heavy atom. The summed E-state index contributed by atoms with van der Waals surface area (Å²) in [4.78, 5) is 1.78. The second-order valence-corrected chi connectivity index (χ2v) is 4.77. The number of hydrogen-bond donors (Lipinski definition) is 2. The molecule has 0 bridgehead atoms. The second kappa shape index (κ2) is 6.24. The van der Waals surface area contributed by atoms with Gasteiger partial charge < -0.3 is 5.73 Å². The lowest BCUT2D eigenvalue weighted by molar-refractivity contribution is 1.12. The zero-order valence-corrected chi connectivity index (χ0v) is 12.1. The zero-order chi connectivity index (χ0) is 14.5. The van der Waals surface area contributed by atoms with Crippen LogP contribution >= 0.6 is 0 Å². The van der Waals surface area contributed by atoms with Gasteiger partial charge in [0.1, 0.15) is 0 Å². The van der Waals surface area contributed by atoms with E-state index in [4.69, 9.17) is 11.1 Å². The van der Waals surface area contributed by atoms with Gasteiger partial charge in [-0.2, -0.15) is 0 Å². The Labute approximate surface area is 120 Å². The van der Waals surface area contributed by atoms with Gasteiger partial charge in [-0.15, -0.1) is 0 Å². The van der Waals surface area contributed by atoms with Crippen LogP contribution in [0.15, 0.2) is 48.5 Å². The zero-order valence-electron chi connectivity index (χ0n) is 12.1. The second-order valence-electron chi connectivity index (χ2n) is 4.77. The Hall–Kier alpha value is -2.29. The van der Waals surface area contributed by atoms with Gasteiger partial charge in [-0.1, -0.05) is 38.1 Å². The van der Waals surface area contributed by atoms with Crippen LogP contribution in [0, 0.1) is 5.41 Å². The number of hydrogen-bond acceptors (Lipinski definition) is 1. The van der Waals surface area contributed by atoms with E-state index in [0.29, 0.717) is 0 Å². The molecule has 3 nitrogen and oxygen atoms in total. The van der Waals surface area contributed by atoms with E-state index in [-0.39, 0.29) is 5.96 Å². The molecule has 2 aromatic carbocycles. The minimum Gasteiger partial charge on any atom is -0.369 e. The molecule has 2 rings (SSSR count). The molecule has 3 N–H and O–H groups in total. The highest BCUT2D eigenvalue weighted by atomic mass is 15.2. The summed E-state index contributed by atoms with van der Waals surface area (Å²) in [6.45, 7) is 4.24. The minimum atomic E-state index is 0.0338. The van der Waals surface area contributed by atoms with Crippen LogP contribution in [0.1, 0.15) is 25.0 Å². The first-order valence-electron chi connectivity index (χ1n) is 6.97. The molecule has 3 heteroatoms. The van der Waals surface area contributed by atoms with Crippen molar-refractivity contribution >= 4 is 17.3 Å². The van der Waals surface area contributed by atoms with Crippen molar-refractivity contribution < 1.29 is 0 Å². The van der Waals surface area contributed by atoms with Crippen molar-refractivity contribution in [2.45, 2.75) is 26.7 Å². The highest BCUT2D eigenvalue weighted by molar-refractivity contribution is 5.99. The quantitative estimate of drug-likeness (QED) is 0.653. The summed E-state index contributed by atoms with van der Waals surface area (Å²) in [5.41, 5.74) is 10.1. The lowest BCUT2D eigenvalue weighted by Crippen LogP contribution is -2.32. The summed E-state index contributed by atoms with van der Waals surface area (Å²) in [7, 11) is 0. The molecule has 104 valence electrons. The molecule has 2 aromatic rings. The molecular formula is C17H21N3. The van der Waals surface area contributed by atoms with Crippen LogP contribution in [0.4, 0.5) is 11.4 Å². The molecule has 0 saturated carbocycles. The largest absolute Gasteiger partial charge is 0.369 e. The maximum Gasteiger partial charge on any atom is 0.197 e. The van der Waals surface area contributed by atoms with Crippen molar-refractivity contribution in [2.75, 3.05) is 4.90 Å². The third-order valence-electron chi connectivity index (χ3n) is 3.39. The maximum absolute atomic E-state index is 7.89. The van der Waals surface area contributed by atoms with Crippen molar-refractivity contribution in [3.63, 3.8) is 0 Å². The van der Waals surface area contributed by atoms with E-state index < -0.39 is 0 Å². The molecule has 0 unspecified atom stereocenters. The Kier molecular flexibility index (Phi) is 4.41. The fraction of sp³-hybridized carbons (Fsp3) is 0.235. The number of anilines is 2. The Morgan fingerprint density at radius 1 is 0.950 bits per heavy atom. The fourth-order valence-electron chi connectivity index (χ4n) is 2.26.